The molecule has 3 aromatic rings. The maximum atomic E-state index is 13.9. The predicted octanol–water partition coefficient (Wildman–Crippen LogP) is 4.69. The van der Waals surface area contributed by atoms with Crippen LogP contribution in [0.3, 0.4) is 0 Å². The van der Waals surface area contributed by atoms with E-state index >= 15 is 0 Å². The Morgan fingerprint density at radius 2 is 1.76 bits per heavy atom. The van der Waals surface area contributed by atoms with Crippen molar-refractivity contribution in [1.29, 1.82) is 0 Å². The summed E-state index contributed by atoms with van der Waals surface area (Å²) in [5, 5.41) is 4.64. The molecule has 0 unspecified atom stereocenters. The highest BCUT2D eigenvalue weighted by molar-refractivity contribution is 6.33. The smallest absolute Gasteiger partial charge is 0.206 e. The Labute approximate surface area is 131 Å². The summed E-state index contributed by atoms with van der Waals surface area (Å²) in [6.45, 7) is 1.98. The average Bonchev–Trinajstić information content (AvgIpc) is 2.81. The summed E-state index contributed by atoms with van der Waals surface area (Å²) in [6, 6.07) is 12.0. The van der Waals surface area contributed by atoms with Crippen LogP contribution in [0.2, 0.25) is 10.3 Å². The van der Waals surface area contributed by atoms with E-state index in [9.17, 15) is 4.39 Å². The van der Waals surface area contributed by atoms with Crippen molar-refractivity contribution in [3.8, 4) is 17.1 Å². The maximum absolute atomic E-state index is 13.9. The van der Waals surface area contributed by atoms with Crippen molar-refractivity contribution in [2.45, 2.75) is 6.92 Å². The zero-order valence-corrected chi connectivity index (χ0v) is 12.5. The van der Waals surface area contributed by atoms with Gasteiger partial charge in [0.05, 0.1) is 16.3 Å². The van der Waals surface area contributed by atoms with Crippen LogP contribution in [0.25, 0.3) is 17.1 Å². The third kappa shape index (κ3) is 2.64. The minimum Gasteiger partial charge on any atom is -0.206 e. The fourth-order valence-corrected chi connectivity index (χ4v) is 2.42. The van der Waals surface area contributed by atoms with Gasteiger partial charge in [-0.15, -0.1) is 5.10 Å². The Morgan fingerprint density at radius 1 is 1.05 bits per heavy atom. The van der Waals surface area contributed by atoms with E-state index in [-0.39, 0.29) is 21.7 Å². The number of aromatic nitrogens is 3. The highest BCUT2D eigenvalue weighted by Gasteiger charge is 2.17. The molecule has 0 aliphatic rings. The van der Waals surface area contributed by atoms with E-state index in [1.807, 2.05) is 31.2 Å². The topological polar surface area (TPSA) is 30.7 Å². The molecule has 0 saturated heterocycles. The molecule has 0 spiro atoms. The van der Waals surface area contributed by atoms with Crippen molar-refractivity contribution >= 4 is 23.2 Å². The second-order valence-corrected chi connectivity index (χ2v) is 5.29. The molecule has 0 amide bonds. The van der Waals surface area contributed by atoms with Gasteiger partial charge in [-0.05, 0) is 42.8 Å². The Morgan fingerprint density at radius 3 is 2.43 bits per heavy atom. The van der Waals surface area contributed by atoms with Gasteiger partial charge in [0.1, 0.15) is 5.82 Å². The Kier molecular flexibility index (Phi) is 3.66. The first-order chi connectivity index (χ1) is 10.1. The van der Waals surface area contributed by atoms with Gasteiger partial charge in [-0.1, -0.05) is 35.4 Å². The fraction of sp³-hybridized carbons (Fsp3) is 0.0667. The van der Waals surface area contributed by atoms with Crippen LogP contribution in [0.1, 0.15) is 5.56 Å². The van der Waals surface area contributed by atoms with Gasteiger partial charge in [0.15, 0.2) is 5.82 Å². The number of hydrogen-bond acceptors (Lipinski definition) is 2. The summed E-state index contributed by atoms with van der Waals surface area (Å²) in [4.78, 5) is 4.09. The molecule has 0 N–H and O–H groups in total. The molecule has 2 aromatic carbocycles. The number of aryl methyl sites for hydroxylation is 1. The first-order valence-corrected chi connectivity index (χ1v) is 6.96. The molecular weight excluding hydrogens is 312 g/mol. The molecule has 6 heteroatoms. The molecule has 0 aliphatic heterocycles. The average molecular weight is 322 g/mol. The van der Waals surface area contributed by atoms with Gasteiger partial charge in [-0.2, -0.15) is 4.98 Å². The lowest BCUT2D eigenvalue weighted by atomic mass is 10.2. The molecular formula is C15H10Cl2FN3. The van der Waals surface area contributed by atoms with Crippen LogP contribution in [0.5, 0.6) is 0 Å². The molecule has 106 valence electrons. The van der Waals surface area contributed by atoms with Crippen molar-refractivity contribution in [2.75, 3.05) is 0 Å². The largest absolute Gasteiger partial charge is 0.226 e. The second-order valence-electron chi connectivity index (χ2n) is 4.55. The minimum atomic E-state index is -0.486. The van der Waals surface area contributed by atoms with Crippen LogP contribution in [0.4, 0.5) is 4.39 Å². The Balaban J connectivity index is 2.12. The summed E-state index contributed by atoms with van der Waals surface area (Å²) in [5.74, 6) is -0.330. The van der Waals surface area contributed by atoms with Crippen LogP contribution >= 0.6 is 23.2 Å². The van der Waals surface area contributed by atoms with Crippen molar-refractivity contribution < 1.29 is 4.39 Å². The molecule has 3 rings (SSSR count). The number of hydrogen-bond donors (Lipinski definition) is 0. The quantitative estimate of drug-likeness (QED) is 0.685. The molecule has 0 saturated carbocycles. The lowest BCUT2D eigenvalue weighted by Gasteiger charge is -2.02. The molecule has 0 fully saturated rings. The first kappa shape index (κ1) is 14.0. The van der Waals surface area contributed by atoms with E-state index in [2.05, 4.69) is 10.1 Å². The SMILES string of the molecule is Cc1ccc(-n2nc(-c3c(F)cccc3Cl)nc2Cl)cc1. The summed E-state index contributed by atoms with van der Waals surface area (Å²) in [6.07, 6.45) is 0. The van der Waals surface area contributed by atoms with Crippen LogP contribution in [-0.2, 0) is 0 Å². The number of halogens is 3. The van der Waals surface area contributed by atoms with Crippen molar-refractivity contribution in [2.24, 2.45) is 0 Å². The van der Waals surface area contributed by atoms with Gasteiger partial charge in [0.25, 0.3) is 0 Å². The third-order valence-electron chi connectivity index (χ3n) is 3.03. The normalized spacial score (nSPS) is 10.9. The molecule has 0 radical (unpaired) electrons. The summed E-state index contributed by atoms with van der Waals surface area (Å²) in [7, 11) is 0. The zero-order chi connectivity index (χ0) is 15.0. The maximum Gasteiger partial charge on any atom is 0.226 e. The number of rotatable bonds is 2. The fourth-order valence-electron chi connectivity index (χ4n) is 1.96. The predicted molar refractivity (Wildman–Crippen MR) is 81.5 cm³/mol. The molecule has 3 nitrogen and oxygen atoms in total. The van der Waals surface area contributed by atoms with E-state index in [4.69, 9.17) is 23.2 Å². The Bertz CT molecular complexity index is 777. The number of benzene rings is 2. The van der Waals surface area contributed by atoms with Gasteiger partial charge in [-0.25, -0.2) is 9.07 Å². The minimum absolute atomic E-state index is 0.145. The molecule has 0 bridgehead atoms. The van der Waals surface area contributed by atoms with Gasteiger partial charge < -0.3 is 0 Å². The standard InChI is InChI=1S/C15H10Cl2FN3/c1-9-5-7-10(8-6-9)21-15(17)19-14(20-21)13-11(16)3-2-4-12(13)18/h2-8H,1H3. The van der Waals surface area contributed by atoms with E-state index < -0.39 is 5.82 Å². The number of nitrogens with zero attached hydrogens (tertiary/aromatic N) is 3. The van der Waals surface area contributed by atoms with Gasteiger partial charge in [-0.3, -0.25) is 0 Å². The first-order valence-electron chi connectivity index (χ1n) is 6.20. The van der Waals surface area contributed by atoms with E-state index in [0.29, 0.717) is 0 Å². The van der Waals surface area contributed by atoms with Gasteiger partial charge >= 0.3 is 0 Å². The van der Waals surface area contributed by atoms with Crippen LogP contribution in [0.15, 0.2) is 42.5 Å². The molecule has 1 aromatic heterocycles. The monoisotopic (exact) mass is 321 g/mol. The van der Waals surface area contributed by atoms with Crippen LogP contribution in [0, 0.1) is 12.7 Å². The zero-order valence-electron chi connectivity index (χ0n) is 11.0. The second kappa shape index (κ2) is 5.47. The highest BCUT2D eigenvalue weighted by Crippen LogP contribution is 2.29. The third-order valence-corrected chi connectivity index (χ3v) is 3.59. The summed E-state index contributed by atoms with van der Waals surface area (Å²) >= 11 is 12.1. The lowest BCUT2D eigenvalue weighted by molar-refractivity contribution is 0.630. The van der Waals surface area contributed by atoms with Crippen molar-refractivity contribution in [3.63, 3.8) is 0 Å². The summed E-state index contributed by atoms with van der Waals surface area (Å²) in [5.41, 5.74) is 2.01. The van der Waals surface area contributed by atoms with Crippen LogP contribution < -0.4 is 0 Å². The highest BCUT2D eigenvalue weighted by atomic mass is 35.5. The van der Waals surface area contributed by atoms with E-state index in [0.717, 1.165) is 11.3 Å². The van der Waals surface area contributed by atoms with E-state index in [1.54, 1.807) is 6.07 Å². The molecule has 0 atom stereocenters. The van der Waals surface area contributed by atoms with Crippen molar-refractivity contribution in [3.05, 3.63) is 64.2 Å². The molecule has 0 aliphatic carbocycles. The van der Waals surface area contributed by atoms with Crippen LogP contribution in [-0.4, -0.2) is 14.8 Å². The summed E-state index contributed by atoms with van der Waals surface area (Å²) < 4.78 is 15.4. The molecule has 21 heavy (non-hydrogen) atoms. The van der Waals surface area contributed by atoms with Gasteiger partial charge in [0.2, 0.25) is 5.28 Å². The molecule has 1 heterocycles. The Hall–Kier alpha value is -1.91. The van der Waals surface area contributed by atoms with Crippen molar-refractivity contribution in [1.82, 2.24) is 14.8 Å². The van der Waals surface area contributed by atoms with Gasteiger partial charge in [0, 0.05) is 0 Å². The van der Waals surface area contributed by atoms with E-state index in [1.165, 1.54) is 16.8 Å². The lowest BCUT2D eigenvalue weighted by Crippen LogP contribution is -1.97.